The zero-order chi connectivity index (χ0) is 11.1. The van der Waals surface area contributed by atoms with Gasteiger partial charge in [-0.05, 0) is 6.08 Å². The Hall–Kier alpha value is -2.03. The van der Waals surface area contributed by atoms with Crippen molar-refractivity contribution < 1.29 is 8.83 Å². The lowest BCUT2D eigenvalue weighted by Gasteiger charge is -1.87. The van der Waals surface area contributed by atoms with Crippen LogP contribution >= 0.6 is 0 Å². The van der Waals surface area contributed by atoms with E-state index in [0.717, 1.165) is 40.1 Å². The third kappa shape index (κ3) is 1.25. The molecule has 80 valence electrons. The van der Waals surface area contributed by atoms with E-state index in [4.69, 9.17) is 8.83 Å². The highest BCUT2D eigenvalue weighted by atomic mass is 16.3. The second-order valence-corrected chi connectivity index (χ2v) is 3.67. The largest absolute Gasteiger partial charge is 0.459 e. The summed E-state index contributed by atoms with van der Waals surface area (Å²) in [5, 5.41) is 0. The van der Waals surface area contributed by atoms with Gasteiger partial charge in [0, 0.05) is 24.6 Å². The van der Waals surface area contributed by atoms with Gasteiger partial charge in [-0.3, -0.25) is 0 Å². The Morgan fingerprint density at radius 3 is 2.69 bits per heavy atom. The van der Waals surface area contributed by atoms with E-state index in [-0.39, 0.29) is 0 Å². The van der Waals surface area contributed by atoms with Crippen LogP contribution in [0.4, 0.5) is 0 Å². The number of furan rings is 2. The first kappa shape index (κ1) is 9.21. The normalized spacial score (nSPS) is 11.3. The molecule has 0 aliphatic carbocycles. The van der Waals surface area contributed by atoms with Crippen LogP contribution in [0.3, 0.4) is 0 Å². The van der Waals surface area contributed by atoms with E-state index in [1.54, 1.807) is 6.08 Å². The summed E-state index contributed by atoms with van der Waals surface area (Å²) >= 11 is 0. The molecule has 0 amide bonds. The molecule has 3 rings (SSSR count). The van der Waals surface area contributed by atoms with Gasteiger partial charge in [-0.25, -0.2) is 4.98 Å². The van der Waals surface area contributed by atoms with Crippen LogP contribution in [-0.2, 0) is 6.42 Å². The molecule has 3 heteroatoms. The van der Waals surface area contributed by atoms with E-state index in [1.807, 2.05) is 18.2 Å². The first-order chi connectivity index (χ1) is 7.80. The van der Waals surface area contributed by atoms with E-state index in [9.17, 15) is 0 Å². The standard InChI is InChI=1S/C13H11NO2/c1-3-8-5-10-12(15-8)7-13-11(14-10)6-9(4-2)16-13/h3,5-7H,1,4H2,2H3. The van der Waals surface area contributed by atoms with Crippen molar-refractivity contribution in [2.75, 3.05) is 0 Å². The molecule has 0 saturated carbocycles. The first-order valence-electron chi connectivity index (χ1n) is 5.25. The van der Waals surface area contributed by atoms with Crippen molar-refractivity contribution in [2.24, 2.45) is 0 Å². The summed E-state index contributed by atoms with van der Waals surface area (Å²) in [7, 11) is 0. The lowest BCUT2D eigenvalue weighted by Crippen LogP contribution is -1.72. The van der Waals surface area contributed by atoms with Gasteiger partial charge >= 0.3 is 0 Å². The second-order valence-electron chi connectivity index (χ2n) is 3.67. The molecular formula is C13H11NO2. The fourth-order valence-corrected chi connectivity index (χ4v) is 1.77. The zero-order valence-corrected chi connectivity index (χ0v) is 8.99. The average Bonchev–Trinajstić information content (AvgIpc) is 2.86. The monoisotopic (exact) mass is 213 g/mol. The number of aromatic nitrogens is 1. The quantitative estimate of drug-likeness (QED) is 0.650. The van der Waals surface area contributed by atoms with Crippen LogP contribution in [0.1, 0.15) is 18.4 Å². The third-order valence-electron chi connectivity index (χ3n) is 2.60. The minimum absolute atomic E-state index is 0.728. The summed E-state index contributed by atoms with van der Waals surface area (Å²) in [4.78, 5) is 4.48. The molecular weight excluding hydrogens is 202 g/mol. The predicted molar refractivity (Wildman–Crippen MR) is 63.3 cm³/mol. The average molecular weight is 213 g/mol. The van der Waals surface area contributed by atoms with E-state index in [2.05, 4.69) is 18.5 Å². The molecule has 0 unspecified atom stereocenters. The minimum Gasteiger partial charge on any atom is -0.459 e. The summed E-state index contributed by atoms with van der Waals surface area (Å²) in [5.41, 5.74) is 3.22. The maximum absolute atomic E-state index is 5.62. The van der Waals surface area contributed by atoms with Crippen molar-refractivity contribution in [3.8, 4) is 0 Å². The summed E-state index contributed by atoms with van der Waals surface area (Å²) in [5.74, 6) is 1.67. The Kier molecular flexibility index (Phi) is 1.86. The first-order valence-corrected chi connectivity index (χ1v) is 5.25. The fraction of sp³-hybridized carbons (Fsp3) is 0.154. The number of aryl methyl sites for hydroxylation is 1. The van der Waals surface area contributed by atoms with Gasteiger partial charge in [-0.1, -0.05) is 13.5 Å². The van der Waals surface area contributed by atoms with Crippen molar-refractivity contribution in [3.63, 3.8) is 0 Å². The summed E-state index contributed by atoms with van der Waals surface area (Å²) in [6.45, 7) is 5.72. The number of hydrogen-bond donors (Lipinski definition) is 0. The molecule has 3 aromatic heterocycles. The van der Waals surface area contributed by atoms with Gasteiger partial charge in [0.2, 0.25) is 0 Å². The minimum atomic E-state index is 0.728. The molecule has 3 heterocycles. The van der Waals surface area contributed by atoms with Gasteiger partial charge in [-0.15, -0.1) is 0 Å². The molecule has 0 fully saturated rings. The predicted octanol–water partition coefficient (Wildman–Crippen LogP) is 3.78. The molecule has 0 N–H and O–H groups in total. The van der Waals surface area contributed by atoms with Crippen molar-refractivity contribution in [1.29, 1.82) is 0 Å². The molecule has 0 saturated heterocycles. The fourth-order valence-electron chi connectivity index (χ4n) is 1.77. The molecule has 0 radical (unpaired) electrons. The maximum Gasteiger partial charge on any atom is 0.156 e. The van der Waals surface area contributed by atoms with Crippen molar-refractivity contribution in [2.45, 2.75) is 13.3 Å². The Labute approximate surface area is 92.4 Å². The Morgan fingerprint density at radius 2 is 1.94 bits per heavy atom. The van der Waals surface area contributed by atoms with Gasteiger partial charge in [0.15, 0.2) is 11.2 Å². The van der Waals surface area contributed by atoms with Crippen LogP contribution in [0.25, 0.3) is 28.3 Å². The number of nitrogens with zero attached hydrogens (tertiary/aromatic N) is 1. The van der Waals surface area contributed by atoms with E-state index >= 15 is 0 Å². The molecule has 16 heavy (non-hydrogen) atoms. The maximum atomic E-state index is 5.62. The molecule has 0 atom stereocenters. The molecule has 0 bridgehead atoms. The molecule has 0 aliphatic heterocycles. The highest BCUT2D eigenvalue weighted by Gasteiger charge is 2.08. The van der Waals surface area contributed by atoms with Crippen molar-refractivity contribution >= 4 is 28.3 Å². The van der Waals surface area contributed by atoms with Crippen LogP contribution in [0.5, 0.6) is 0 Å². The number of pyridine rings is 1. The topological polar surface area (TPSA) is 39.2 Å². The van der Waals surface area contributed by atoms with Crippen molar-refractivity contribution in [1.82, 2.24) is 4.98 Å². The van der Waals surface area contributed by atoms with Crippen molar-refractivity contribution in [3.05, 3.63) is 36.3 Å². The summed E-state index contributed by atoms with van der Waals surface area (Å²) in [6, 6.07) is 5.72. The molecule has 0 aliphatic rings. The van der Waals surface area contributed by atoms with Gasteiger partial charge < -0.3 is 8.83 Å². The number of hydrogen-bond acceptors (Lipinski definition) is 3. The smallest absolute Gasteiger partial charge is 0.156 e. The van der Waals surface area contributed by atoms with Crippen LogP contribution in [0, 0.1) is 0 Å². The SMILES string of the molecule is C=Cc1cc2nc3cc(CC)oc3cc2o1. The molecule has 3 aromatic rings. The van der Waals surface area contributed by atoms with E-state index in [0.29, 0.717) is 0 Å². The van der Waals surface area contributed by atoms with Gasteiger partial charge in [0.05, 0.1) is 0 Å². The zero-order valence-electron chi connectivity index (χ0n) is 8.99. The number of fused-ring (bicyclic) bond motifs is 2. The van der Waals surface area contributed by atoms with E-state index < -0.39 is 0 Å². The van der Waals surface area contributed by atoms with Gasteiger partial charge in [-0.2, -0.15) is 0 Å². The Morgan fingerprint density at radius 1 is 1.19 bits per heavy atom. The van der Waals surface area contributed by atoms with Gasteiger partial charge in [0.25, 0.3) is 0 Å². The van der Waals surface area contributed by atoms with Crippen LogP contribution in [-0.4, -0.2) is 4.98 Å². The second kappa shape index (κ2) is 3.23. The number of rotatable bonds is 2. The Balaban J connectivity index is 2.32. The molecule has 0 spiro atoms. The van der Waals surface area contributed by atoms with E-state index in [1.165, 1.54) is 0 Å². The summed E-state index contributed by atoms with van der Waals surface area (Å²) < 4.78 is 11.1. The van der Waals surface area contributed by atoms with Crippen LogP contribution < -0.4 is 0 Å². The lowest BCUT2D eigenvalue weighted by atomic mass is 10.3. The van der Waals surface area contributed by atoms with Crippen LogP contribution in [0.2, 0.25) is 0 Å². The third-order valence-corrected chi connectivity index (χ3v) is 2.60. The Bertz CT molecular complexity index is 625. The highest BCUT2D eigenvalue weighted by molar-refractivity contribution is 5.88. The molecule has 3 nitrogen and oxygen atoms in total. The van der Waals surface area contributed by atoms with Gasteiger partial charge in [0.1, 0.15) is 22.6 Å². The summed E-state index contributed by atoms with van der Waals surface area (Å²) in [6.07, 6.45) is 2.54. The highest BCUT2D eigenvalue weighted by Crippen LogP contribution is 2.25. The molecule has 0 aromatic carbocycles. The van der Waals surface area contributed by atoms with Crippen LogP contribution in [0.15, 0.2) is 33.6 Å². The lowest BCUT2D eigenvalue weighted by molar-refractivity contribution is 0.555.